The minimum atomic E-state index is -0.360. The molecule has 2 atom stereocenters. The predicted octanol–water partition coefficient (Wildman–Crippen LogP) is 1.07. The molecule has 0 aromatic rings. The molecular formula is C18H33N3O2. The highest BCUT2D eigenvalue weighted by molar-refractivity contribution is 5.82. The van der Waals surface area contributed by atoms with Crippen LogP contribution in [0.1, 0.15) is 46.0 Å². The molecular weight excluding hydrogens is 290 g/mol. The van der Waals surface area contributed by atoms with Crippen molar-refractivity contribution in [2.45, 2.75) is 64.1 Å². The number of β-amino-alcohol motifs (C(OH)–C–C–N with tert-alkyl or cyclic N) is 1. The first kappa shape index (κ1) is 17.2. The predicted molar refractivity (Wildman–Crippen MR) is 91.2 cm³/mol. The van der Waals surface area contributed by atoms with Crippen molar-refractivity contribution in [1.29, 1.82) is 0 Å². The van der Waals surface area contributed by atoms with E-state index in [-0.39, 0.29) is 18.1 Å². The molecule has 132 valence electrons. The Morgan fingerprint density at radius 3 is 2.26 bits per heavy atom. The summed E-state index contributed by atoms with van der Waals surface area (Å²) in [4.78, 5) is 17.1. The first-order valence-electron chi connectivity index (χ1n) is 9.49. The first-order chi connectivity index (χ1) is 11.0. The largest absolute Gasteiger partial charge is 0.392 e. The highest BCUT2D eigenvalue weighted by Crippen LogP contribution is 2.32. The number of nitrogens with one attached hydrogen (secondary N) is 1. The summed E-state index contributed by atoms with van der Waals surface area (Å²) in [6.45, 7) is 8.96. The highest BCUT2D eigenvalue weighted by Gasteiger charge is 2.34. The maximum atomic E-state index is 12.5. The van der Waals surface area contributed by atoms with E-state index in [1.165, 1.54) is 25.7 Å². The topological polar surface area (TPSA) is 55.8 Å². The van der Waals surface area contributed by atoms with Gasteiger partial charge in [0.1, 0.15) is 0 Å². The summed E-state index contributed by atoms with van der Waals surface area (Å²) in [5.74, 6) is 1.92. The van der Waals surface area contributed by atoms with Crippen molar-refractivity contribution in [2.24, 2.45) is 11.8 Å². The van der Waals surface area contributed by atoms with Crippen LogP contribution in [0, 0.1) is 11.8 Å². The number of hydrogen-bond acceptors (Lipinski definition) is 4. The summed E-state index contributed by atoms with van der Waals surface area (Å²) in [6.07, 6.45) is 5.59. The minimum Gasteiger partial charge on any atom is -0.392 e. The zero-order valence-corrected chi connectivity index (χ0v) is 14.7. The highest BCUT2D eigenvalue weighted by atomic mass is 16.3. The van der Waals surface area contributed by atoms with E-state index in [0.717, 1.165) is 44.1 Å². The maximum Gasteiger partial charge on any atom is 0.239 e. The number of piperazine rings is 1. The quantitative estimate of drug-likeness (QED) is 0.816. The van der Waals surface area contributed by atoms with Gasteiger partial charge in [-0.2, -0.15) is 0 Å². The monoisotopic (exact) mass is 323 g/mol. The molecule has 23 heavy (non-hydrogen) atoms. The zero-order chi connectivity index (χ0) is 16.4. The van der Waals surface area contributed by atoms with Crippen molar-refractivity contribution in [3.8, 4) is 0 Å². The van der Waals surface area contributed by atoms with Gasteiger partial charge in [-0.05, 0) is 43.9 Å². The van der Waals surface area contributed by atoms with E-state index in [1.54, 1.807) is 0 Å². The lowest BCUT2D eigenvalue weighted by Gasteiger charge is -2.43. The average molecular weight is 323 g/mol. The Hall–Kier alpha value is -0.650. The van der Waals surface area contributed by atoms with E-state index in [0.29, 0.717) is 13.0 Å². The Morgan fingerprint density at radius 2 is 1.74 bits per heavy atom. The summed E-state index contributed by atoms with van der Waals surface area (Å²) in [5, 5.41) is 12.7. The fourth-order valence-corrected chi connectivity index (χ4v) is 4.57. The molecule has 0 bridgehead atoms. The van der Waals surface area contributed by atoms with Crippen molar-refractivity contribution in [1.82, 2.24) is 15.1 Å². The average Bonchev–Trinajstić information content (AvgIpc) is 3.01. The van der Waals surface area contributed by atoms with E-state index < -0.39 is 0 Å². The van der Waals surface area contributed by atoms with Crippen LogP contribution in [0.15, 0.2) is 0 Å². The second kappa shape index (κ2) is 7.49. The number of rotatable bonds is 3. The number of nitrogens with zero attached hydrogens (tertiary/aromatic N) is 2. The number of carbonyl (C=O) groups is 1. The van der Waals surface area contributed by atoms with Gasteiger partial charge >= 0.3 is 0 Å². The third-order valence-corrected chi connectivity index (χ3v) is 6.23. The Morgan fingerprint density at radius 1 is 1.09 bits per heavy atom. The third kappa shape index (κ3) is 4.06. The fraction of sp³-hybridized carbons (Fsp3) is 0.944. The van der Waals surface area contributed by atoms with Gasteiger partial charge in [-0.15, -0.1) is 0 Å². The number of hydrogen-bond donors (Lipinski definition) is 2. The molecule has 5 heteroatoms. The Bertz CT molecular complexity index is 399. The fourth-order valence-electron chi connectivity index (χ4n) is 4.57. The summed E-state index contributed by atoms with van der Waals surface area (Å²) < 4.78 is 0. The number of amides is 1. The van der Waals surface area contributed by atoms with Gasteiger partial charge in [0.2, 0.25) is 5.91 Å². The Kier molecular flexibility index (Phi) is 5.60. The van der Waals surface area contributed by atoms with Gasteiger partial charge < -0.3 is 15.3 Å². The van der Waals surface area contributed by atoms with Crippen LogP contribution in [0.3, 0.4) is 0 Å². The van der Waals surface area contributed by atoms with Crippen LogP contribution >= 0.6 is 0 Å². The SMILES string of the molecule is CC(C)C1CCC(N2CCN(C(=O)C3CC(O)CN3)CC2)CC1. The molecule has 0 radical (unpaired) electrons. The summed E-state index contributed by atoms with van der Waals surface area (Å²) >= 11 is 0. The Labute approximate surface area is 140 Å². The first-order valence-corrected chi connectivity index (χ1v) is 9.49. The van der Waals surface area contributed by atoms with Crippen LogP contribution in [0.25, 0.3) is 0 Å². The zero-order valence-electron chi connectivity index (χ0n) is 14.7. The molecule has 2 saturated heterocycles. The van der Waals surface area contributed by atoms with Crippen LogP contribution in [-0.2, 0) is 4.79 Å². The molecule has 2 aliphatic heterocycles. The number of aliphatic hydroxyl groups excluding tert-OH is 1. The van der Waals surface area contributed by atoms with Crippen molar-refractivity contribution in [2.75, 3.05) is 32.7 Å². The lowest BCUT2D eigenvalue weighted by atomic mass is 9.79. The minimum absolute atomic E-state index is 0.168. The molecule has 1 aliphatic carbocycles. The number of carbonyl (C=O) groups excluding carboxylic acids is 1. The van der Waals surface area contributed by atoms with Crippen LogP contribution in [-0.4, -0.2) is 71.7 Å². The summed E-state index contributed by atoms with van der Waals surface area (Å²) in [7, 11) is 0. The van der Waals surface area contributed by atoms with Crippen molar-refractivity contribution < 1.29 is 9.90 Å². The second-order valence-electron chi connectivity index (χ2n) is 8.02. The van der Waals surface area contributed by atoms with Crippen LogP contribution < -0.4 is 5.32 Å². The van der Waals surface area contributed by atoms with Gasteiger partial charge in [0.05, 0.1) is 12.1 Å². The molecule has 1 saturated carbocycles. The lowest BCUT2D eigenvalue weighted by molar-refractivity contribution is -0.135. The number of aliphatic hydroxyl groups is 1. The molecule has 2 heterocycles. The molecule has 0 aromatic carbocycles. The van der Waals surface area contributed by atoms with Crippen molar-refractivity contribution >= 4 is 5.91 Å². The van der Waals surface area contributed by atoms with Gasteiger partial charge in [-0.3, -0.25) is 9.69 Å². The van der Waals surface area contributed by atoms with Crippen LogP contribution in [0.5, 0.6) is 0 Å². The van der Waals surface area contributed by atoms with E-state index >= 15 is 0 Å². The summed E-state index contributed by atoms with van der Waals surface area (Å²) in [5.41, 5.74) is 0. The van der Waals surface area contributed by atoms with E-state index in [1.807, 2.05) is 4.90 Å². The third-order valence-electron chi connectivity index (χ3n) is 6.23. The molecule has 3 aliphatic rings. The summed E-state index contributed by atoms with van der Waals surface area (Å²) in [6, 6.07) is 0.562. The van der Waals surface area contributed by atoms with Gasteiger partial charge in [0.15, 0.2) is 0 Å². The molecule has 5 nitrogen and oxygen atoms in total. The van der Waals surface area contributed by atoms with Gasteiger partial charge in [-0.1, -0.05) is 13.8 Å². The molecule has 2 unspecified atom stereocenters. The van der Waals surface area contributed by atoms with Gasteiger partial charge in [-0.25, -0.2) is 0 Å². The van der Waals surface area contributed by atoms with Crippen LogP contribution in [0.4, 0.5) is 0 Å². The lowest BCUT2D eigenvalue weighted by Crippen LogP contribution is -2.55. The molecule has 0 aromatic heterocycles. The molecule has 1 amide bonds. The van der Waals surface area contributed by atoms with Crippen molar-refractivity contribution in [3.05, 3.63) is 0 Å². The smallest absolute Gasteiger partial charge is 0.239 e. The van der Waals surface area contributed by atoms with E-state index in [2.05, 4.69) is 24.1 Å². The van der Waals surface area contributed by atoms with E-state index in [4.69, 9.17) is 0 Å². The normalized spacial score (nSPS) is 36.6. The standard InChI is InChI=1S/C18H33N3O2/c1-13(2)14-3-5-15(6-4-14)20-7-9-21(10-8-20)18(23)17-11-16(22)12-19-17/h13-17,19,22H,3-12H2,1-2H3. The molecule has 2 N–H and O–H groups in total. The molecule has 3 rings (SSSR count). The van der Waals surface area contributed by atoms with Crippen molar-refractivity contribution in [3.63, 3.8) is 0 Å². The molecule has 0 spiro atoms. The maximum absolute atomic E-state index is 12.5. The molecule has 3 fully saturated rings. The van der Waals surface area contributed by atoms with Crippen LogP contribution in [0.2, 0.25) is 0 Å². The Balaban J connectivity index is 1.43. The van der Waals surface area contributed by atoms with Gasteiger partial charge in [0.25, 0.3) is 0 Å². The van der Waals surface area contributed by atoms with Gasteiger partial charge in [0, 0.05) is 38.8 Å². The second-order valence-corrected chi connectivity index (χ2v) is 8.02. The van der Waals surface area contributed by atoms with E-state index in [9.17, 15) is 9.90 Å².